The third-order valence-corrected chi connectivity index (χ3v) is 5.29. The molecule has 1 aromatic carbocycles. The molecule has 0 saturated carbocycles. The van der Waals surface area contributed by atoms with Crippen molar-refractivity contribution in [3.8, 4) is 0 Å². The SMILES string of the molecule is CC(=O)c1cccc(NC(=O)CSc2nnc(NCc3ccco3)s2)c1. The Morgan fingerprint density at radius 2 is 2.12 bits per heavy atom. The van der Waals surface area contributed by atoms with Gasteiger partial charge in [0, 0.05) is 11.3 Å². The van der Waals surface area contributed by atoms with Crippen LogP contribution in [0.5, 0.6) is 0 Å². The molecule has 0 saturated heterocycles. The van der Waals surface area contributed by atoms with Crippen LogP contribution >= 0.6 is 23.1 Å². The van der Waals surface area contributed by atoms with E-state index in [-0.39, 0.29) is 17.4 Å². The van der Waals surface area contributed by atoms with Gasteiger partial charge in [-0.1, -0.05) is 35.2 Å². The van der Waals surface area contributed by atoms with Crippen molar-refractivity contribution in [3.05, 3.63) is 54.0 Å². The largest absolute Gasteiger partial charge is 0.467 e. The minimum Gasteiger partial charge on any atom is -0.467 e. The summed E-state index contributed by atoms with van der Waals surface area (Å²) in [6.07, 6.45) is 1.61. The number of hydrogen-bond donors (Lipinski definition) is 2. The lowest BCUT2D eigenvalue weighted by Crippen LogP contribution is -2.14. The zero-order valence-electron chi connectivity index (χ0n) is 13.9. The van der Waals surface area contributed by atoms with Crippen LogP contribution in [0.2, 0.25) is 0 Å². The first kappa shape index (κ1) is 18.2. The summed E-state index contributed by atoms with van der Waals surface area (Å²) in [6, 6.07) is 10.5. The minimum absolute atomic E-state index is 0.0427. The standard InChI is InChI=1S/C17H16N4O3S2/c1-11(22)12-4-2-5-13(8-12)19-15(23)10-25-17-21-20-16(26-17)18-9-14-6-3-7-24-14/h2-8H,9-10H2,1H3,(H,18,20)(H,19,23). The quantitative estimate of drug-likeness (QED) is 0.449. The topological polar surface area (TPSA) is 97.1 Å². The van der Waals surface area contributed by atoms with Gasteiger partial charge < -0.3 is 15.1 Å². The van der Waals surface area contributed by atoms with Crippen LogP contribution in [0.15, 0.2) is 51.4 Å². The molecule has 0 fully saturated rings. The van der Waals surface area contributed by atoms with Gasteiger partial charge in [0.1, 0.15) is 5.76 Å². The number of benzene rings is 1. The van der Waals surface area contributed by atoms with Crippen molar-refractivity contribution in [3.63, 3.8) is 0 Å². The molecule has 0 aliphatic heterocycles. The summed E-state index contributed by atoms with van der Waals surface area (Å²) in [5.74, 6) is 0.799. The van der Waals surface area contributed by atoms with E-state index < -0.39 is 0 Å². The van der Waals surface area contributed by atoms with Crippen LogP contribution in [0.25, 0.3) is 0 Å². The van der Waals surface area contributed by atoms with Crippen LogP contribution in [0, 0.1) is 0 Å². The minimum atomic E-state index is -0.170. The van der Waals surface area contributed by atoms with E-state index in [0.717, 1.165) is 5.76 Å². The highest BCUT2D eigenvalue weighted by atomic mass is 32.2. The number of ketones is 1. The van der Waals surface area contributed by atoms with Crippen LogP contribution < -0.4 is 10.6 Å². The molecule has 0 spiro atoms. The fourth-order valence-electron chi connectivity index (χ4n) is 2.06. The molecule has 3 rings (SSSR count). The molecule has 0 unspecified atom stereocenters. The Morgan fingerprint density at radius 1 is 1.23 bits per heavy atom. The zero-order chi connectivity index (χ0) is 18.4. The van der Waals surface area contributed by atoms with Gasteiger partial charge >= 0.3 is 0 Å². The summed E-state index contributed by atoms with van der Waals surface area (Å²) in [5.41, 5.74) is 1.16. The van der Waals surface area contributed by atoms with Crippen molar-refractivity contribution in [2.45, 2.75) is 17.8 Å². The maximum absolute atomic E-state index is 12.1. The fraction of sp³-hybridized carbons (Fsp3) is 0.176. The average molecular weight is 388 g/mol. The molecule has 2 N–H and O–H groups in total. The molecule has 0 atom stereocenters. The van der Waals surface area contributed by atoms with Crippen molar-refractivity contribution in [1.82, 2.24) is 10.2 Å². The van der Waals surface area contributed by atoms with E-state index in [0.29, 0.717) is 27.3 Å². The summed E-state index contributed by atoms with van der Waals surface area (Å²) in [4.78, 5) is 23.4. The number of aromatic nitrogens is 2. The highest BCUT2D eigenvalue weighted by molar-refractivity contribution is 8.01. The summed E-state index contributed by atoms with van der Waals surface area (Å²) < 4.78 is 5.93. The predicted octanol–water partition coefficient (Wildman–Crippen LogP) is 3.68. The molecular formula is C17H16N4O3S2. The fourth-order valence-corrected chi connectivity index (χ4v) is 3.60. The number of Topliss-reactive ketones (excluding diaryl/α,β-unsaturated/α-hetero) is 1. The van der Waals surface area contributed by atoms with Gasteiger partial charge in [-0.3, -0.25) is 9.59 Å². The molecule has 134 valence electrons. The second-order valence-corrected chi connectivity index (χ2v) is 7.48. The summed E-state index contributed by atoms with van der Waals surface area (Å²) in [7, 11) is 0. The Morgan fingerprint density at radius 3 is 2.88 bits per heavy atom. The van der Waals surface area contributed by atoms with E-state index in [1.807, 2.05) is 12.1 Å². The Hall–Kier alpha value is -2.65. The number of anilines is 2. The molecule has 1 amide bonds. The van der Waals surface area contributed by atoms with Crippen LogP contribution in [0.1, 0.15) is 23.0 Å². The molecule has 9 heteroatoms. The first-order valence-electron chi connectivity index (χ1n) is 7.73. The average Bonchev–Trinajstić information content (AvgIpc) is 3.30. The molecule has 2 heterocycles. The Balaban J connectivity index is 1.47. The number of rotatable bonds is 8. The molecule has 0 bridgehead atoms. The monoisotopic (exact) mass is 388 g/mol. The lowest BCUT2D eigenvalue weighted by Gasteiger charge is -2.05. The Labute approximate surface area is 158 Å². The maximum Gasteiger partial charge on any atom is 0.234 e. The lowest BCUT2D eigenvalue weighted by molar-refractivity contribution is -0.113. The van der Waals surface area contributed by atoms with Crippen LogP contribution in [-0.4, -0.2) is 27.6 Å². The van der Waals surface area contributed by atoms with Crippen LogP contribution in [-0.2, 0) is 11.3 Å². The van der Waals surface area contributed by atoms with Gasteiger partial charge in [0.15, 0.2) is 10.1 Å². The number of nitrogens with one attached hydrogen (secondary N) is 2. The summed E-state index contributed by atoms with van der Waals surface area (Å²) >= 11 is 2.68. The highest BCUT2D eigenvalue weighted by Gasteiger charge is 2.09. The van der Waals surface area contributed by atoms with E-state index in [2.05, 4.69) is 20.8 Å². The van der Waals surface area contributed by atoms with Gasteiger partial charge in [0.2, 0.25) is 11.0 Å². The Kier molecular flexibility index (Phi) is 6.03. The van der Waals surface area contributed by atoms with Gasteiger partial charge in [0.05, 0.1) is 18.6 Å². The number of thioether (sulfide) groups is 1. The third-order valence-electron chi connectivity index (χ3n) is 3.28. The second-order valence-electron chi connectivity index (χ2n) is 5.28. The van der Waals surface area contributed by atoms with E-state index in [1.165, 1.54) is 30.0 Å². The van der Waals surface area contributed by atoms with Gasteiger partial charge in [-0.05, 0) is 31.2 Å². The molecule has 7 nitrogen and oxygen atoms in total. The number of amides is 1. The predicted molar refractivity (Wildman–Crippen MR) is 102 cm³/mol. The van der Waals surface area contributed by atoms with Gasteiger partial charge in [-0.25, -0.2) is 0 Å². The molecule has 3 aromatic rings. The van der Waals surface area contributed by atoms with Crippen LogP contribution in [0.4, 0.5) is 10.8 Å². The lowest BCUT2D eigenvalue weighted by atomic mass is 10.1. The number of hydrogen-bond acceptors (Lipinski definition) is 8. The normalized spacial score (nSPS) is 10.5. The van der Waals surface area contributed by atoms with Crippen molar-refractivity contribution in [2.24, 2.45) is 0 Å². The number of carbonyl (C=O) groups excluding carboxylic acids is 2. The van der Waals surface area contributed by atoms with Gasteiger partial charge in [-0.2, -0.15) is 0 Å². The maximum atomic E-state index is 12.1. The molecular weight excluding hydrogens is 372 g/mol. The third kappa shape index (κ3) is 5.17. The number of carbonyl (C=O) groups is 2. The van der Waals surface area contributed by atoms with Crippen LogP contribution in [0.3, 0.4) is 0 Å². The van der Waals surface area contributed by atoms with E-state index in [1.54, 1.807) is 30.5 Å². The summed E-state index contributed by atoms with van der Waals surface area (Å²) in [6.45, 7) is 2.02. The van der Waals surface area contributed by atoms with Gasteiger partial charge in [0.25, 0.3) is 0 Å². The second kappa shape index (κ2) is 8.63. The number of furan rings is 1. The first-order chi connectivity index (χ1) is 12.6. The van der Waals surface area contributed by atoms with Crippen molar-refractivity contribution in [1.29, 1.82) is 0 Å². The molecule has 0 radical (unpaired) electrons. The van der Waals surface area contributed by atoms with E-state index in [4.69, 9.17) is 4.42 Å². The van der Waals surface area contributed by atoms with Gasteiger partial charge in [-0.15, -0.1) is 10.2 Å². The first-order valence-corrected chi connectivity index (χ1v) is 9.54. The van der Waals surface area contributed by atoms with Crippen molar-refractivity contribution >= 4 is 45.6 Å². The smallest absolute Gasteiger partial charge is 0.234 e. The molecule has 2 aromatic heterocycles. The highest BCUT2D eigenvalue weighted by Crippen LogP contribution is 2.26. The molecule has 0 aliphatic carbocycles. The van der Waals surface area contributed by atoms with Crippen molar-refractivity contribution < 1.29 is 14.0 Å². The number of nitrogens with zero attached hydrogens (tertiary/aromatic N) is 2. The van der Waals surface area contributed by atoms with E-state index >= 15 is 0 Å². The summed E-state index contributed by atoms with van der Waals surface area (Å²) in [5, 5.41) is 14.6. The molecule has 0 aliphatic rings. The zero-order valence-corrected chi connectivity index (χ0v) is 15.5. The van der Waals surface area contributed by atoms with E-state index in [9.17, 15) is 9.59 Å². The molecule has 26 heavy (non-hydrogen) atoms. The van der Waals surface area contributed by atoms with Crippen molar-refractivity contribution in [2.75, 3.05) is 16.4 Å². The Bertz CT molecular complexity index is 893.